The molecule has 4 heteroatoms. The topological polar surface area (TPSA) is 50.4 Å². The molecule has 1 aliphatic rings. The number of carbonyl (C=O) groups is 1. The van der Waals surface area contributed by atoms with Crippen LogP contribution in [0.15, 0.2) is 24.3 Å². The van der Waals surface area contributed by atoms with Crippen molar-refractivity contribution in [3.63, 3.8) is 0 Å². The van der Waals surface area contributed by atoms with E-state index >= 15 is 0 Å². The highest BCUT2D eigenvalue weighted by Crippen LogP contribution is 2.14. The van der Waals surface area contributed by atoms with Crippen molar-refractivity contribution < 1.29 is 9.53 Å². The first kappa shape index (κ1) is 15.8. The summed E-state index contributed by atoms with van der Waals surface area (Å²) in [6, 6.07) is 8.09. The van der Waals surface area contributed by atoms with E-state index in [1.807, 2.05) is 24.3 Å². The zero-order valence-corrected chi connectivity index (χ0v) is 13.0. The monoisotopic (exact) mass is 290 g/mol. The van der Waals surface area contributed by atoms with Gasteiger partial charge >= 0.3 is 0 Å². The smallest absolute Gasteiger partial charge is 0.224 e. The van der Waals surface area contributed by atoms with Gasteiger partial charge in [-0.25, -0.2) is 0 Å². The molecule has 1 atom stereocenters. The van der Waals surface area contributed by atoms with Gasteiger partial charge in [0.05, 0.1) is 13.0 Å². The Hall–Kier alpha value is -1.55. The summed E-state index contributed by atoms with van der Waals surface area (Å²) in [5.74, 6) is 1.48. The summed E-state index contributed by atoms with van der Waals surface area (Å²) in [4.78, 5) is 12.0. The van der Waals surface area contributed by atoms with Crippen LogP contribution in [0, 0.1) is 5.92 Å². The lowest BCUT2D eigenvalue weighted by Gasteiger charge is -2.23. The minimum absolute atomic E-state index is 0.0968. The summed E-state index contributed by atoms with van der Waals surface area (Å²) >= 11 is 0. The van der Waals surface area contributed by atoms with E-state index in [0.717, 1.165) is 37.2 Å². The summed E-state index contributed by atoms with van der Waals surface area (Å²) in [5, 5.41) is 6.39. The van der Waals surface area contributed by atoms with Gasteiger partial charge < -0.3 is 15.4 Å². The van der Waals surface area contributed by atoms with E-state index in [2.05, 4.69) is 24.5 Å². The Balaban J connectivity index is 1.77. The molecule has 1 heterocycles. The third-order valence-electron chi connectivity index (χ3n) is 3.53. The van der Waals surface area contributed by atoms with E-state index in [9.17, 15) is 4.79 Å². The SMILES string of the molecule is CC(C)COc1ccc(CC(=O)N[C@H]2CCCNC2)cc1. The van der Waals surface area contributed by atoms with Crippen molar-refractivity contribution in [2.24, 2.45) is 5.92 Å². The lowest BCUT2D eigenvalue weighted by atomic mass is 10.1. The number of amides is 1. The Labute approximate surface area is 127 Å². The fourth-order valence-electron chi connectivity index (χ4n) is 2.41. The van der Waals surface area contributed by atoms with E-state index in [1.54, 1.807) is 0 Å². The minimum Gasteiger partial charge on any atom is -0.493 e. The lowest BCUT2D eigenvalue weighted by Crippen LogP contribution is -2.46. The molecule has 1 aliphatic heterocycles. The molecule has 0 bridgehead atoms. The molecule has 0 radical (unpaired) electrons. The van der Waals surface area contributed by atoms with Gasteiger partial charge in [0.15, 0.2) is 0 Å². The molecular weight excluding hydrogens is 264 g/mol. The molecule has 2 rings (SSSR count). The van der Waals surface area contributed by atoms with Crippen molar-refractivity contribution in [2.45, 2.75) is 39.2 Å². The molecule has 1 aromatic rings. The molecule has 4 nitrogen and oxygen atoms in total. The van der Waals surface area contributed by atoms with Crippen LogP contribution in [-0.4, -0.2) is 31.6 Å². The van der Waals surface area contributed by atoms with Gasteiger partial charge in [0.1, 0.15) is 5.75 Å². The number of piperidine rings is 1. The molecule has 1 saturated heterocycles. The highest BCUT2D eigenvalue weighted by Gasteiger charge is 2.15. The maximum Gasteiger partial charge on any atom is 0.224 e. The number of benzene rings is 1. The predicted molar refractivity (Wildman–Crippen MR) is 84.5 cm³/mol. The third-order valence-corrected chi connectivity index (χ3v) is 3.53. The van der Waals surface area contributed by atoms with Crippen molar-refractivity contribution in [3.05, 3.63) is 29.8 Å². The van der Waals surface area contributed by atoms with Crippen LogP contribution in [0.2, 0.25) is 0 Å². The normalized spacial score (nSPS) is 18.5. The van der Waals surface area contributed by atoms with Crippen molar-refractivity contribution >= 4 is 5.91 Å². The van der Waals surface area contributed by atoms with Crippen LogP contribution in [0.1, 0.15) is 32.3 Å². The highest BCUT2D eigenvalue weighted by atomic mass is 16.5. The van der Waals surface area contributed by atoms with Gasteiger partial charge in [-0.05, 0) is 43.0 Å². The summed E-state index contributed by atoms with van der Waals surface area (Å²) in [5.41, 5.74) is 1.02. The second-order valence-electron chi connectivity index (χ2n) is 6.14. The maximum atomic E-state index is 12.0. The van der Waals surface area contributed by atoms with Crippen LogP contribution in [0.5, 0.6) is 5.75 Å². The molecule has 0 aliphatic carbocycles. The van der Waals surface area contributed by atoms with Gasteiger partial charge in [0.2, 0.25) is 5.91 Å². The van der Waals surface area contributed by atoms with Gasteiger partial charge in [0, 0.05) is 12.6 Å². The zero-order valence-electron chi connectivity index (χ0n) is 13.0. The Kier molecular flexibility index (Phi) is 6.05. The van der Waals surface area contributed by atoms with Crippen LogP contribution < -0.4 is 15.4 Å². The average Bonchev–Trinajstić information content (AvgIpc) is 2.47. The molecule has 0 unspecified atom stereocenters. The Morgan fingerprint density at radius 3 is 2.76 bits per heavy atom. The fourth-order valence-corrected chi connectivity index (χ4v) is 2.41. The summed E-state index contributed by atoms with van der Waals surface area (Å²) in [6.45, 7) is 6.91. The predicted octanol–water partition coefficient (Wildman–Crippen LogP) is 2.13. The van der Waals surface area contributed by atoms with Crippen molar-refractivity contribution in [3.8, 4) is 5.75 Å². The molecule has 0 spiro atoms. The zero-order chi connectivity index (χ0) is 15.1. The number of rotatable bonds is 6. The van der Waals surface area contributed by atoms with Gasteiger partial charge in [-0.3, -0.25) is 4.79 Å². The Morgan fingerprint density at radius 1 is 1.38 bits per heavy atom. The number of hydrogen-bond donors (Lipinski definition) is 2. The van der Waals surface area contributed by atoms with Crippen LogP contribution in [-0.2, 0) is 11.2 Å². The standard InChI is InChI=1S/C17H26N2O2/c1-13(2)12-21-16-7-5-14(6-8-16)10-17(20)19-15-4-3-9-18-11-15/h5-8,13,15,18H,3-4,9-12H2,1-2H3,(H,19,20)/t15-/m0/s1. The first-order valence-corrected chi connectivity index (χ1v) is 7.85. The average molecular weight is 290 g/mol. The van der Waals surface area contributed by atoms with E-state index in [4.69, 9.17) is 4.74 Å². The van der Waals surface area contributed by atoms with Gasteiger partial charge in [-0.2, -0.15) is 0 Å². The first-order valence-electron chi connectivity index (χ1n) is 7.85. The number of nitrogens with one attached hydrogen (secondary N) is 2. The van der Waals surface area contributed by atoms with Gasteiger partial charge in [0.25, 0.3) is 0 Å². The van der Waals surface area contributed by atoms with E-state index in [0.29, 0.717) is 18.9 Å². The molecule has 21 heavy (non-hydrogen) atoms. The van der Waals surface area contributed by atoms with Crippen LogP contribution >= 0.6 is 0 Å². The molecule has 1 aromatic carbocycles. The Bertz CT molecular complexity index is 437. The third kappa shape index (κ3) is 5.76. The summed E-state index contributed by atoms with van der Waals surface area (Å²) < 4.78 is 5.64. The second kappa shape index (κ2) is 8.03. The second-order valence-corrected chi connectivity index (χ2v) is 6.14. The quantitative estimate of drug-likeness (QED) is 0.844. The summed E-state index contributed by atoms with van der Waals surface area (Å²) in [6.07, 6.45) is 2.63. The van der Waals surface area contributed by atoms with Crippen molar-refractivity contribution in [1.82, 2.24) is 10.6 Å². The fraction of sp³-hybridized carbons (Fsp3) is 0.588. The molecule has 1 amide bonds. The van der Waals surface area contributed by atoms with E-state index in [-0.39, 0.29) is 11.9 Å². The number of carbonyl (C=O) groups excluding carboxylic acids is 1. The number of hydrogen-bond acceptors (Lipinski definition) is 3. The Morgan fingerprint density at radius 2 is 2.14 bits per heavy atom. The summed E-state index contributed by atoms with van der Waals surface area (Å²) in [7, 11) is 0. The largest absolute Gasteiger partial charge is 0.493 e. The maximum absolute atomic E-state index is 12.0. The van der Waals surface area contributed by atoms with E-state index < -0.39 is 0 Å². The highest BCUT2D eigenvalue weighted by molar-refractivity contribution is 5.78. The first-order chi connectivity index (χ1) is 10.1. The molecular formula is C17H26N2O2. The van der Waals surface area contributed by atoms with Gasteiger partial charge in [-0.1, -0.05) is 26.0 Å². The molecule has 2 N–H and O–H groups in total. The molecule has 116 valence electrons. The molecule has 0 saturated carbocycles. The lowest BCUT2D eigenvalue weighted by molar-refractivity contribution is -0.121. The minimum atomic E-state index is 0.0968. The van der Waals surface area contributed by atoms with Crippen LogP contribution in [0.25, 0.3) is 0 Å². The molecule has 0 aromatic heterocycles. The van der Waals surface area contributed by atoms with Crippen LogP contribution in [0.4, 0.5) is 0 Å². The molecule has 1 fully saturated rings. The number of ether oxygens (including phenoxy) is 1. The van der Waals surface area contributed by atoms with E-state index in [1.165, 1.54) is 0 Å². The van der Waals surface area contributed by atoms with Crippen molar-refractivity contribution in [2.75, 3.05) is 19.7 Å². The van der Waals surface area contributed by atoms with Gasteiger partial charge in [-0.15, -0.1) is 0 Å². The van der Waals surface area contributed by atoms with Crippen LogP contribution in [0.3, 0.4) is 0 Å². The van der Waals surface area contributed by atoms with Crippen molar-refractivity contribution in [1.29, 1.82) is 0 Å².